The molecule has 2 heterocycles. The molecule has 3 heteroatoms. The first-order chi connectivity index (χ1) is 23.3. The summed E-state index contributed by atoms with van der Waals surface area (Å²) >= 11 is 1.86. The van der Waals surface area contributed by atoms with Crippen molar-refractivity contribution in [2.75, 3.05) is 4.90 Å². The van der Waals surface area contributed by atoms with Crippen LogP contribution in [0.25, 0.3) is 74.8 Å². The van der Waals surface area contributed by atoms with Crippen LogP contribution in [0.15, 0.2) is 168 Å². The molecule has 0 saturated heterocycles. The van der Waals surface area contributed by atoms with E-state index in [1.54, 1.807) is 0 Å². The van der Waals surface area contributed by atoms with E-state index in [-0.39, 0.29) is 0 Å². The summed E-state index contributed by atoms with van der Waals surface area (Å²) in [5.74, 6) is 0. The molecule has 0 atom stereocenters. The SMILES string of the molecule is c1ccc2c(c1)cc(N(c1ccc(-c3cccc4sc5ccccc5c34)cc1)c1cccc3c1oc1ccccc13)c1ccccc12. The maximum atomic E-state index is 6.64. The largest absolute Gasteiger partial charge is 0.454 e. The fraction of sp³-hybridized carbons (Fsp3) is 0. The predicted octanol–water partition coefficient (Wildman–Crippen LogP) is 13.4. The zero-order valence-electron chi connectivity index (χ0n) is 25.4. The monoisotopic (exact) mass is 617 g/mol. The first-order valence-corrected chi connectivity index (χ1v) is 16.7. The second kappa shape index (κ2) is 10.3. The number of nitrogens with zero attached hydrogens (tertiary/aromatic N) is 1. The Balaban J connectivity index is 1.23. The van der Waals surface area contributed by atoms with E-state index in [9.17, 15) is 0 Å². The molecule has 10 aromatic rings. The highest BCUT2D eigenvalue weighted by Gasteiger charge is 2.22. The van der Waals surface area contributed by atoms with Gasteiger partial charge in [0.1, 0.15) is 5.58 Å². The van der Waals surface area contributed by atoms with Crippen molar-refractivity contribution in [2.45, 2.75) is 0 Å². The summed E-state index contributed by atoms with van der Waals surface area (Å²) in [6, 6.07) is 59.0. The highest BCUT2D eigenvalue weighted by atomic mass is 32.1. The molecule has 2 aromatic heterocycles. The van der Waals surface area contributed by atoms with Gasteiger partial charge in [-0.25, -0.2) is 0 Å². The van der Waals surface area contributed by atoms with E-state index < -0.39 is 0 Å². The molecule has 0 N–H and O–H groups in total. The maximum Gasteiger partial charge on any atom is 0.159 e. The van der Waals surface area contributed by atoms with Crippen LogP contribution in [-0.4, -0.2) is 0 Å². The number of thiophene rings is 1. The zero-order chi connectivity index (χ0) is 30.9. The Kier molecular flexibility index (Phi) is 5.78. The van der Waals surface area contributed by atoms with Crippen LogP contribution >= 0.6 is 11.3 Å². The fourth-order valence-corrected chi connectivity index (χ4v) is 8.47. The topological polar surface area (TPSA) is 16.4 Å². The number of fused-ring (bicyclic) bond motifs is 9. The van der Waals surface area contributed by atoms with E-state index in [2.05, 4.69) is 163 Å². The van der Waals surface area contributed by atoms with Gasteiger partial charge in [-0.3, -0.25) is 0 Å². The van der Waals surface area contributed by atoms with Crippen molar-refractivity contribution in [1.29, 1.82) is 0 Å². The Bertz CT molecular complexity index is 2810. The molecular weight excluding hydrogens is 591 g/mol. The van der Waals surface area contributed by atoms with Crippen molar-refractivity contribution in [1.82, 2.24) is 0 Å². The van der Waals surface area contributed by atoms with Crippen molar-refractivity contribution in [3.63, 3.8) is 0 Å². The number of benzene rings is 8. The third-order valence-electron chi connectivity index (χ3n) is 9.45. The molecule has 0 amide bonds. The van der Waals surface area contributed by atoms with Gasteiger partial charge in [0.25, 0.3) is 0 Å². The standard InChI is InChI=1S/C44H27NOS/c1-2-12-31-29(11-1)27-39(34-14-4-3-13-33(31)34)45(38-19-9-18-36-35-15-5-7-20-40(35)46-44(36)38)30-25-23-28(24-26-30)32-17-10-22-42-43(32)37-16-6-8-21-41(37)47-42/h1-27H. The molecule has 0 aliphatic rings. The third-order valence-corrected chi connectivity index (χ3v) is 10.6. The lowest BCUT2D eigenvalue weighted by Crippen LogP contribution is -2.11. The predicted molar refractivity (Wildman–Crippen MR) is 202 cm³/mol. The van der Waals surface area contributed by atoms with Crippen molar-refractivity contribution in [3.05, 3.63) is 164 Å². The molecule has 47 heavy (non-hydrogen) atoms. The van der Waals surface area contributed by atoms with E-state index in [1.807, 2.05) is 17.4 Å². The van der Waals surface area contributed by atoms with Crippen LogP contribution < -0.4 is 4.90 Å². The van der Waals surface area contributed by atoms with Gasteiger partial charge in [0.05, 0.1) is 11.4 Å². The lowest BCUT2D eigenvalue weighted by molar-refractivity contribution is 0.669. The number of anilines is 3. The Labute approximate surface area is 275 Å². The number of furan rings is 1. The van der Waals surface area contributed by atoms with Gasteiger partial charge in [-0.1, -0.05) is 121 Å². The lowest BCUT2D eigenvalue weighted by Gasteiger charge is -2.28. The van der Waals surface area contributed by atoms with Crippen molar-refractivity contribution >= 4 is 92.1 Å². The van der Waals surface area contributed by atoms with Crippen LogP contribution in [0.5, 0.6) is 0 Å². The van der Waals surface area contributed by atoms with Gasteiger partial charge in [-0.05, 0) is 69.8 Å². The minimum Gasteiger partial charge on any atom is -0.454 e. The smallest absolute Gasteiger partial charge is 0.159 e. The van der Waals surface area contributed by atoms with Gasteiger partial charge >= 0.3 is 0 Å². The van der Waals surface area contributed by atoms with Gasteiger partial charge in [0.15, 0.2) is 5.58 Å². The Morgan fingerprint density at radius 3 is 1.98 bits per heavy atom. The van der Waals surface area contributed by atoms with Crippen LogP contribution in [-0.2, 0) is 0 Å². The minimum atomic E-state index is 0.879. The highest BCUT2D eigenvalue weighted by molar-refractivity contribution is 7.25. The van der Waals surface area contributed by atoms with E-state index in [0.717, 1.165) is 39.0 Å². The van der Waals surface area contributed by atoms with Gasteiger partial charge in [-0.2, -0.15) is 0 Å². The quantitative estimate of drug-likeness (QED) is 0.183. The van der Waals surface area contributed by atoms with Crippen LogP contribution in [0.1, 0.15) is 0 Å². The third kappa shape index (κ3) is 4.04. The highest BCUT2D eigenvalue weighted by Crippen LogP contribution is 2.47. The summed E-state index contributed by atoms with van der Waals surface area (Å²) in [6.07, 6.45) is 0. The molecule has 0 aliphatic heterocycles. The molecular formula is C44H27NOS. The average Bonchev–Trinajstić information content (AvgIpc) is 3.71. The molecule has 0 radical (unpaired) electrons. The molecule has 220 valence electrons. The first kappa shape index (κ1) is 26.3. The summed E-state index contributed by atoms with van der Waals surface area (Å²) in [4.78, 5) is 2.38. The van der Waals surface area contributed by atoms with Crippen LogP contribution in [0.2, 0.25) is 0 Å². The molecule has 8 aromatic carbocycles. The number of rotatable bonds is 4. The summed E-state index contributed by atoms with van der Waals surface area (Å²) in [6.45, 7) is 0. The van der Waals surface area contributed by atoms with E-state index in [0.29, 0.717) is 0 Å². The number of hydrogen-bond acceptors (Lipinski definition) is 3. The fourth-order valence-electron chi connectivity index (χ4n) is 7.34. The maximum absolute atomic E-state index is 6.64. The van der Waals surface area contributed by atoms with Crippen molar-refractivity contribution in [2.24, 2.45) is 0 Å². The first-order valence-electron chi connectivity index (χ1n) is 15.9. The summed E-state index contributed by atoms with van der Waals surface area (Å²) < 4.78 is 9.27. The van der Waals surface area contributed by atoms with E-state index in [1.165, 1.54) is 52.8 Å². The Hall–Kier alpha value is -5.90. The lowest BCUT2D eigenvalue weighted by atomic mass is 9.97. The summed E-state index contributed by atoms with van der Waals surface area (Å²) in [5.41, 5.74) is 7.43. The second-order valence-electron chi connectivity index (χ2n) is 12.1. The van der Waals surface area contributed by atoms with Gasteiger partial charge < -0.3 is 9.32 Å². The summed E-state index contributed by atoms with van der Waals surface area (Å²) in [7, 11) is 0. The van der Waals surface area contributed by atoms with Crippen LogP contribution in [0.4, 0.5) is 17.1 Å². The van der Waals surface area contributed by atoms with Crippen LogP contribution in [0, 0.1) is 0 Å². The van der Waals surface area contributed by atoms with E-state index >= 15 is 0 Å². The number of para-hydroxylation sites is 2. The Morgan fingerprint density at radius 2 is 1.11 bits per heavy atom. The average molecular weight is 618 g/mol. The number of hydrogen-bond donors (Lipinski definition) is 0. The zero-order valence-corrected chi connectivity index (χ0v) is 26.2. The minimum absolute atomic E-state index is 0.879. The molecule has 0 aliphatic carbocycles. The summed E-state index contributed by atoms with van der Waals surface area (Å²) in [5, 5.41) is 9.75. The molecule has 2 nitrogen and oxygen atoms in total. The molecule has 0 bridgehead atoms. The molecule has 0 spiro atoms. The second-order valence-corrected chi connectivity index (χ2v) is 13.2. The Morgan fingerprint density at radius 1 is 0.447 bits per heavy atom. The molecule has 0 unspecified atom stereocenters. The van der Waals surface area contributed by atoms with Crippen LogP contribution in [0.3, 0.4) is 0 Å². The van der Waals surface area contributed by atoms with Gasteiger partial charge in [0.2, 0.25) is 0 Å². The van der Waals surface area contributed by atoms with E-state index in [4.69, 9.17) is 4.42 Å². The molecule has 0 fully saturated rings. The van der Waals surface area contributed by atoms with Gasteiger partial charge in [0, 0.05) is 42.0 Å². The molecule has 10 rings (SSSR count). The van der Waals surface area contributed by atoms with Crippen molar-refractivity contribution in [3.8, 4) is 11.1 Å². The van der Waals surface area contributed by atoms with Crippen molar-refractivity contribution < 1.29 is 4.42 Å². The normalized spacial score (nSPS) is 11.8. The molecule has 0 saturated carbocycles. The van der Waals surface area contributed by atoms with Gasteiger partial charge in [-0.15, -0.1) is 11.3 Å².